The predicted octanol–water partition coefficient (Wildman–Crippen LogP) is 18.7. The molecule has 1 aliphatic rings. The molecule has 2 atom stereocenters. The molecule has 3 heterocycles. The summed E-state index contributed by atoms with van der Waals surface area (Å²) in [4.78, 5) is 14.3. The molecule has 76 heavy (non-hydrogen) atoms. The third kappa shape index (κ3) is 11.1. The molecule has 11 rings (SSSR count). The van der Waals surface area contributed by atoms with Crippen LogP contribution in [0.15, 0.2) is 207 Å². The van der Waals surface area contributed by atoms with E-state index >= 15 is 0 Å². The predicted molar refractivity (Wildman–Crippen MR) is 311 cm³/mol. The maximum absolute atomic E-state index is 8.44. The van der Waals surface area contributed by atoms with Gasteiger partial charge >= 0.3 is 20.1 Å². The minimum atomic E-state index is -2.32. The first-order valence-corrected chi connectivity index (χ1v) is 26.4. The van der Waals surface area contributed by atoms with Crippen LogP contribution in [-0.2, 0) is 30.9 Å². The van der Waals surface area contributed by atoms with Crippen LogP contribution in [0.3, 0.4) is 0 Å². The fourth-order valence-corrected chi connectivity index (χ4v) is 11.2. The van der Waals surface area contributed by atoms with Gasteiger partial charge < -0.3 is 15.0 Å². The van der Waals surface area contributed by atoms with Crippen LogP contribution >= 0.6 is 0 Å². The van der Waals surface area contributed by atoms with E-state index in [-0.39, 0.29) is 54.3 Å². The van der Waals surface area contributed by atoms with E-state index in [1.807, 2.05) is 54.9 Å². The van der Waals surface area contributed by atoms with Gasteiger partial charge in [0.05, 0.1) is 0 Å². The molecule has 1 fully saturated rings. The molecule has 1 saturated carbocycles. The fraction of sp³-hybridized carbons (Fsp3) is 0.208. The van der Waals surface area contributed by atoms with Crippen molar-refractivity contribution < 1.29 is 24.2 Å². The number of hydrogen-bond acceptors (Lipinski definition) is 3. The van der Waals surface area contributed by atoms with Crippen LogP contribution in [-0.4, -0.2) is 15.0 Å². The van der Waals surface area contributed by atoms with Gasteiger partial charge in [0.25, 0.3) is 0 Å². The molecule has 4 heteroatoms. The Morgan fingerprint density at radius 2 is 0.789 bits per heavy atom. The molecule has 3 aromatic heterocycles. The number of rotatable bonds is 10. The average molecular weight is 1170 g/mol. The summed E-state index contributed by atoms with van der Waals surface area (Å²) in [5, 5.41) is 0. The average Bonchev–Trinajstić information content (AvgIpc) is 3.49. The molecular formula is C72H64IrN3. The first-order valence-electron chi connectivity index (χ1n) is 27.9. The van der Waals surface area contributed by atoms with Gasteiger partial charge in [-0.05, 0) is 123 Å². The quantitative estimate of drug-likeness (QED) is 0.128. The third-order valence-corrected chi connectivity index (χ3v) is 15.3. The Kier molecular flexibility index (Phi) is 14.0. The van der Waals surface area contributed by atoms with Gasteiger partial charge in [0.2, 0.25) is 0 Å². The van der Waals surface area contributed by atoms with E-state index in [0.29, 0.717) is 11.3 Å². The van der Waals surface area contributed by atoms with Crippen molar-refractivity contribution in [1.29, 1.82) is 0 Å². The number of nitrogens with zero attached hydrogens (tertiary/aromatic N) is 3. The minimum Gasteiger partial charge on any atom is -0.305 e. The molecule has 2 unspecified atom stereocenters. The van der Waals surface area contributed by atoms with Crippen molar-refractivity contribution in [3.05, 3.63) is 258 Å². The maximum atomic E-state index is 8.44. The number of hydrogen-bond donors (Lipinski definition) is 0. The van der Waals surface area contributed by atoms with Crippen molar-refractivity contribution in [2.45, 2.75) is 96.2 Å². The molecule has 3 nitrogen and oxygen atoms in total. The van der Waals surface area contributed by atoms with Gasteiger partial charge in [0.15, 0.2) is 0 Å². The van der Waals surface area contributed by atoms with Crippen molar-refractivity contribution in [1.82, 2.24) is 15.0 Å². The van der Waals surface area contributed by atoms with E-state index in [1.54, 1.807) is 12.3 Å². The Morgan fingerprint density at radius 3 is 1.16 bits per heavy atom. The van der Waals surface area contributed by atoms with E-state index in [1.165, 1.54) is 44.5 Å². The second-order valence-corrected chi connectivity index (χ2v) is 22.4. The molecule has 0 aliphatic heterocycles. The van der Waals surface area contributed by atoms with Crippen LogP contribution in [0.5, 0.6) is 0 Å². The van der Waals surface area contributed by atoms with Crippen LogP contribution in [0.4, 0.5) is 0 Å². The van der Waals surface area contributed by atoms with Crippen LogP contribution in [0.2, 0.25) is 0 Å². The second-order valence-electron chi connectivity index (χ2n) is 22.4. The summed E-state index contributed by atoms with van der Waals surface area (Å²) >= 11 is 0. The number of aromatic nitrogens is 3. The summed E-state index contributed by atoms with van der Waals surface area (Å²) in [6.07, 6.45) is 8.43. The molecule has 0 amide bonds. The SMILES string of the molecule is [2H]C([2H])([2H])c1cc(-c2[c-]cc(-c3ccccc3C3CC(c4ccccc4-c4c[c-]c(-c5cc(C(C)(C)C)ccn5)cc4)CC(c4ccccc4-c4c[c-]c(-c5cc(C(C)(C)C)ccn5)cc4)C3)cc2)ncc1-c1ccccc1.[Ir+3]. The second kappa shape index (κ2) is 22.1. The zero-order chi connectivity index (χ0) is 54.2. The van der Waals surface area contributed by atoms with Gasteiger partial charge in [-0.3, -0.25) is 0 Å². The summed E-state index contributed by atoms with van der Waals surface area (Å²) in [5.74, 6) is 0.680. The molecule has 0 bridgehead atoms. The van der Waals surface area contributed by atoms with E-state index in [2.05, 4.69) is 199 Å². The molecule has 1 aliphatic carbocycles. The van der Waals surface area contributed by atoms with Gasteiger partial charge in [0.1, 0.15) is 0 Å². The summed E-state index contributed by atoms with van der Waals surface area (Å²) < 4.78 is 25.3. The summed E-state index contributed by atoms with van der Waals surface area (Å²) in [6.45, 7) is 11.1. The molecule has 0 saturated heterocycles. The van der Waals surface area contributed by atoms with Crippen LogP contribution in [0.1, 0.15) is 116 Å². The van der Waals surface area contributed by atoms with Crippen molar-refractivity contribution in [2.75, 3.05) is 0 Å². The number of pyridine rings is 3. The monoisotopic (exact) mass is 1170 g/mol. The Hall–Kier alpha value is -7.36. The van der Waals surface area contributed by atoms with Gasteiger partial charge in [0, 0.05) is 28.3 Å². The minimum absolute atomic E-state index is 0. The van der Waals surface area contributed by atoms with Crippen LogP contribution in [0.25, 0.3) is 78.3 Å². The van der Waals surface area contributed by atoms with E-state index in [0.717, 1.165) is 69.6 Å². The molecule has 0 spiro atoms. The van der Waals surface area contributed by atoms with Gasteiger partial charge in [-0.2, -0.15) is 0 Å². The molecule has 7 aromatic carbocycles. The molecule has 376 valence electrons. The van der Waals surface area contributed by atoms with E-state index in [9.17, 15) is 0 Å². The number of benzene rings is 7. The van der Waals surface area contributed by atoms with Gasteiger partial charge in [-0.1, -0.05) is 196 Å². The molecular weight excluding hydrogens is 1100 g/mol. The van der Waals surface area contributed by atoms with E-state index < -0.39 is 6.85 Å². The smallest absolute Gasteiger partial charge is 0.305 e. The van der Waals surface area contributed by atoms with Crippen LogP contribution < -0.4 is 0 Å². The molecule has 0 radical (unpaired) electrons. The van der Waals surface area contributed by atoms with E-state index in [4.69, 9.17) is 19.1 Å². The normalized spacial score (nSPS) is 16.4. The summed E-state index contributed by atoms with van der Waals surface area (Å²) in [6, 6.07) is 76.9. The molecule has 0 N–H and O–H groups in total. The zero-order valence-corrected chi connectivity index (χ0v) is 46.6. The number of aryl methyl sites for hydroxylation is 1. The Labute approximate surface area is 469 Å². The third-order valence-electron chi connectivity index (χ3n) is 15.3. The van der Waals surface area contributed by atoms with Crippen molar-refractivity contribution >= 4 is 0 Å². The maximum Gasteiger partial charge on any atom is 3.00 e. The zero-order valence-electron chi connectivity index (χ0n) is 47.2. The summed E-state index contributed by atoms with van der Waals surface area (Å²) in [7, 11) is 0. The molecule has 10 aromatic rings. The Morgan fingerprint density at radius 1 is 0.408 bits per heavy atom. The first kappa shape index (κ1) is 48.3. The Balaban J connectivity index is 0.00000704. The van der Waals surface area contributed by atoms with Crippen LogP contribution in [0, 0.1) is 25.1 Å². The fourth-order valence-electron chi connectivity index (χ4n) is 11.2. The topological polar surface area (TPSA) is 38.7 Å². The standard InChI is InChI=1S/C72H64N3.Ir/c1-48-41-68(75-47-67(48)49-17-9-8-10-18-49)53-31-25-50(26-32-53)61-19-11-14-22-64(61)56-42-57(65-23-15-12-20-62(65)51-27-33-54(34-28-51)69-45-59(37-39-73-69)71(2,3)4)44-58(43-56)66-24-16-13-21-63(66)52-29-35-55(36-30-52)70-46-60(38-40-74-70)72(5,6)7;/h8-31,33,35,37-41,45-47,56-58H,42-44H2,1-7H3;/q-3;+3/i1D3;. The van der Waals surface area contributed by atoms with Crippen molar-refractivity contribution in [3.63, 3.8) is 0 Å². The largest absolute Gasteiger partial charge is 3.00 e. The summed E-state index contributed by atoms with van der Waals surface area (Å²) in [5.41, 5.74) is 20.4. The Bertz CT molecular complexity index is 3570. The first-order chi connectivity index (χ1) is 37.5. The van der Waals surface area contributed by atoms with Gasteiger partial charge in [-0.25, -0.2) is 0 Å². The van der Waals surface area contributed by atoms with Gasteiger partial charge in [-0.15, -0.1) is 89.5 Å². The van der Waals surface area contributed by atoms with Crippen molar-refractivity contribution in [2.24, 2.45) is 0 Å². The van der Waals surface area contributed by atoms with Crippen molar-refractivity contribution in [3.8, 4) is 78.3 Å².